The van der Waals surface area contributed by atoms with Crippen LogP contribution in [0.15, 0.2) is 18.2 Å². The van der Waals surface area contributed by atoms with E-state index in [1.165, 1.54) is 6.07 Å². The molecule has 0 amide bonds. The van der Waals surface area contributed by atoms with Gasteiger partial charge >= 0.3 is 0 Å². The van der Waals surface area contributed by atoms with E-state index in [1.807, 2.05) is 0 Å². The predicted octanol–water partition coefficient (Wildman–Crippen LogP) is 3.92. The molecule has 0 bridgehead atoms. The molecule has 1 saturated heterocycles. The number of aliphatic hydroxyl groups is 1. The van der Waals surface area contributed by atoms with E-state index in [0.29, 0.717) is 24.2 Å². The molecule has 1 atom stereocenters. The van der Waals surface area contributed by atoms with Crippen LogP contribution in [0.4, 0.5) is 4.39 Å². The Balaban J connectivity index is 2.20. The summed E-state index contributed by atoms with van der Waals surface area (Å²) in [6.07, 6.45) is 1.02. The summed E-state index contributed by atoms with van der Waals surface area (Å²) in [6, 6.07) is 4.96. The first-order chi connectivity index (χ1) is 8.31. The molecule has 1 aliphatic rings. The average molecular weight is 289 g/mol. The van der Waals surface area contributed by atoms with E-state index in [1.54, 1.807) is 23.9 Å². The summed E-state index contributed by atoms with van der Waals surface area (Å²) in [5, 5.41) is 10.8. The zero-order valence-corrected chi connectivity index (χ0v) is 12.2. The van der Waals surface area contributed by atoms with Crippen molar-refractivity contribution in [2.75, 3.05) is 11.5 Å². The molecule has 1 nitrogen and oxygen atoms in total. The summed E-state index contributed by atoms with van der Waals surface area (Å²) in [4.78, 5) is 0. The van der Waals surface area contributed by atoms with Gasteiger partial charge in [0.1, 0.15) is 5.82 Å². The first-order valence-electron chi connectivity index (χ1n) is 6.04. The Labute approximate surface area is 117 Å². The highest BCUT2D eigenvalue weighted by atomic mass is 35.5. The van der Waals surface area contributed by atoms with Crippen molar-refractivity contribution in [2.24, 2.45) is 5.41 Å². The highest BCUT2D eigenvalue weighted by Gasteiger charge is 2.39. The van der Waals surface area contributed by atoms with Crippen molar-refractivity contribution in [3.8, 4) is 0 Å². The number of benzene rings is 1. The van der Waals surface area contributed by atoms with Crippen LogP contribution in [-0.4, -0.2) is 22.2 Å². The average Bonchev–Trinajstić information content (AvgIpc) is 2.22. The molecule has 1 unspecified atom stereocenters. The van der Waals surface area contributed by atoms with Crippen molar-refractivity contribution >= 4 is 23.4 Å². The number of rotatable bonds is 2. The van der Waals surface area contributed by atoms with Gasteiger partial charge in [0.25, 0.3) is 0 Å². The van der Waals surface area contributed by atoms with Gasteiger partial charge in [-0.1, -0.05) is 37.6 Å². The van der Waals surface area contributed by atoms with Crippen molar-refractivity contribution in [2.45, 2.75) is 32.3 Å². The first kappa shape index (κ1) is 14.2. The minimum Gasteiger partial charge on any atom is -0.389 e. The van der Waals surface area contributed by atoms with E-state index in [2.05, 4.69) is 13.8 Å². The molecule has 18 heavy (non-hydrogen) atoms. The lowest BCUT2D eigenvalue weighted by atomic mass is 9.79. The quantitative estimate of drug-likeness (QED) is 0.890. The monoisotopic (exact) mass is 288 g/mol. The van der Waals surface area contributed by atoms with Crippen LogP contribution in [0, 0.1) is 11.2 Å². The van der Waals surface area contributed by atoms with E-state index in [9.17, 15) is 9.50 Å². The number of hydrogen-bond donors (Lipinski definition) is 1. The molecule has 2 rings (SSSR count). The molecule has 0 saturated carbocycles. The second-order valence-corrected chi connectivity index (χ2v) is 7.34. The molecule has 0 spiro atoms. The van der Waals surface area contributed by atoms with E-state index >= 15 is 0 Å². The van der Waals surface area contributed by atoms with Crippen molar-refractivity contribution in [1.82, 2.24) is 0 Å². The fourth-order valence-electron chi connectivity index (χ4n) is 2.66. The lowest BCUT2D eigenvalue weighted by molar-refractivity contribution is 0.0193. The van der Waals surface area contributed by atoms with Gasteiger partial charge in [0.2, 0.25) is 0 Å². The third-order valence-electron chi connectivity index (χ3n) is 3.22. The minimum absolute atomic E-state index is 0.0900. The van der Waals surface area contributed by atoms with Gasteiger partial charge < -0.3 is 5.11 Å². The maximum atomic E-state index is 13.9. The van der Waals surface area contributed by atoms with Gasteiger partial charge in [-0.3, -0.25) is 0 Å². The van der Waals surface area contributed by atoms with Crippen molar-refractivity contribution in [3.63, 3.8) is 0 Å². The Morgan fingerprint density at radius 3 is 2.78 bits per heavy atom. The predicted molar refractivity (Wildman–Crippen MR) is 75.8 cm³/mol. The van der Waals surface area contributed by atoms with Gasteiger partial charge in [0.15, 0.2) is 0 Å². The Kier molecular flexibility index (Phi) is 3.96. The third kappa shape index (κ3) is 3.19. The highest BCUT2D eigenvalue weighted by molar-refractivity contribution is 7.99. The molecule has 1 aliphatic heterocycles. The first-order valence-corrected chi connectivity index (χ1v) is 7.58. The van der Waals surface area contributed by atoms with Crippen molar-refractivity contribution in [3.05, 3.63) is 34.6 Å². The van der Waals surface area contributed by atoms with Crippen LogP contribution in [0.5, 0.6) is 0 Å². The van der Waals surface area contributed by atoms with Gasteiger partial charge in [-0.25, -0.2) is 4.39 Å². The van der Waals surface area contributed by atoms with E-state index in [0.717, 1.165) is 5.75 Å². The van der Waals surface area contributed by atoms with Gasteiger partial charge in [0, 0.05) is 12.2 Å². The van der Waals surface area contributed by atoms with Gasteiger partial charge in [-0.05, 0) is 29.2 Å². The minimum atomic E-state index is -0.835. The molecule has 0 aromatic heterocycles. The van der Waals surface area contributed by atoms with E-state index in [-0.39, 0.29) is 10.4 Å². The molecule has 1 fully saturated rings. The van der Waals surface area contributed by atoms with Crippen LogP contribution in [0.1, 0.15) is 25.8 Å². The van der Waals surface area contributed by atoms with E-state index < -0.39 is 11.4 Å². The highest BCUT2D eigenvalue weighted by Crippen LogP contribution is 2.41. The largest absolute Gasteiger partial charge is 0.389 e. The second-order valence-electron chi connectivity index (χ2n) is 5.95. The lowest BCUT2D eigenvalue weighted by Gasteiger charge is -2.41. The molecule has 4 heteroatoms. The molecule has 1 N–H and O–H groups in total. The van der Waals surface area contributed by atoms with E-state index in [4.69, 9.17) is 11.6 Å². The zero-order chi connectivity index (χ0) is 13.4. The van der Waals surface area contributed by atoms with Crippen LogP contribution in [0.2, 0.25) is 5.02 Å². The summed E-state index contributed by atoms with van der Waals surface area (Å²) in [5.41, 5.74) is -0.242. The lowest BCUT2D eigenvalue weighted by Crippen LogP contribution is -2.44. The smallest absolute Gasteiger partial charge is 0.145 e. The number of hydrogen-bond acceptors (Lipinski definition) is 2. The number of halogens is 2. The molecule has 100 valence electrons. The summed E-state index contributed by atoms with van der Waals surface area (Å²) in [6.45, 7) is 4.27. The Hall–Kier alpha value is -0.250. The van der Waals surface area contributed by atoms with Crippen LogP contribution in [0.25, 0.3) is 0 Å². The van der Waals surface area contributed by atoms with Crippen LogP contribution < -0.4 is 0 Å². The van der Waals surface area contributed by atoms with Gasteiger partial charge in [0.05, 0.1) is 10.6 Å². The fourth-order valence-corrected chi connectivity index (χ4v) is 4.20. The summed E-state index contributed by atoms with van der Waals surface area (Å²) < 4.78 is 13.9. The summed E-state index contributed by atoms with van der Waals surface area (Å²) in [7, 11) is 0. The molecule has 1 aromatic rings. The third-order valence-corrected chi connectivity index (χ3v) is 5.24. The maximum Gasteiger partial charge on any atom is 0.145 e. The van der Waals surface area contributed by atoms with Crippen molar-refractivity contribution < 1.29 is 9.50 Å². The van der Waals surface area contributed by atoms with Crippen molar-refractivity contribution in [1.29, 1.82) is 0 Å². The normalized spacial score (nSPS) is 27.2. The van der Waals surface area contributed by atoms with Crippen LogP contribution in [-0.2, 0) is 6.42 Å². The van der Waals surface area contributed by atoms with Crippen LogP contribution in [0.3, 0.4) is 0 Å². The summed E-state index contributed by atoms with van der Waals surface area (Å²) in [5.74, 6) is 1.29. The Morgan fingerprint density at radius 1 is 1.39 bits per heavy atom. The SMILES string of the molecule is CC1(C)CSCC(O)(Cc2cccc(Cl)c2F)C1. The maximum absolute atomic E-state index is 13.9. The molecule has 1 aromatic carbocycles. The Morgan fingerprint density at radius 2 is 2.11 bits per heavy atom. The Bertz CT molecular complexity index is 449. The molecular formula is C14H18ClFOS. The second kappa shape index (κ2) is 5.03. The number of thioether (sulfide) groups is 1. The van der Waals surface area contributed by atoms with Gasteiger partial charge in [-0.15, -0.1) is 0 Å². The standard InChI is InChI=1S/C14H18ClFOS/c1-13(2)7-14(17,9-18-8-13)6-10-4-3-5-11(15)12(10)16/h3-5,17H,6-9H2,1-2H3. The topological polar surface area (TPSA) is 20.2 Å². The molecule has 0 aliphatic carbocycles. The fraction of sp³-hybridized carbons (Fsp3) is 0.571. The van der Waals surface area contributed by atoms with Gasteiger partial charge in [-0.2, -0.15) is 11.8 Å². The van der Waals surface area contributed by atoms with Crippen LogP contribution >= 0.6 is 23.4 Å². The zero-order valence-electron chi connectivity index (χ0n) is 10.7. The molecule has 1 heterocycles. The molecule has 0 radical (unpaired) electrons. The summed E-state index contributed by atoms with van der Waals surface area (Å²) >= 11 is 7.50. The molecular weight excluding hydrogens is 271 g/mol.